The first kappa shape index (κ1) is 8.94. The van der Waals surface area contributed by atoms with Crippen LogP contribution in [0.2, 0.25) is 0 Å². The molecule has 3 heteroatoms. The third-order valence-electron chi connectivity index (χ3n) is 2.41. The molecule has 11 heavy (non-hydrogen) atoms. The lowest BCUT2D eigenvalue weighted by molar-refractivity contribution is 0.238. The summed E-state index contributed by atoms with van der Waals surface area (Å²) in [6.07, 6.45) is 0.793. The zero-order valence-corrected chi connectivity index (χ0v) is 7.31. The predicted octanol–water partition coefficient (Wildman–Crippen LogP) is 0.767. The Morgan fingerprint density at radius 1 is 1.64 bits per heavy atom. The van der Waals surface area contributed by atoms with E-state index in [2.05, 4.69) is 18.7 Å². The molecule has 1 aliphatic heterocycles. The number of likely N-dealkylation sites (tertiary alicyclic amines) is 1. The molecule has 2 N–H and O–H groups in total. The first-order valence-electron chi connectivity index (χ1n) is 4.16. The average Bonchev–Trinajstić information content (AvgIpc) is 2.33. The highest BCUT2D eigenvalue weighted by atomic mass is 19.1. The van der Waals surface area contributed by atoms with Crippen LogP contribution in [0.4, 0.5) is 4.39 Å². The normalized spacial score (nSPS) is 33.5. The lowest BCUT2D eigenvalue weighted by Gasteiger charge is -2.23. The van der Waals surface area contributed by atoms with Gasteiger partial charge in [-0.05, 0) is 20.3 Å². The number of halogens is 1. The van der Waals surface area contributed by atoms with Crippen LogP contribution >= 0.6 is 0 Å². The highest BCUT2D eigenvalue weighted by Gasteiger charge is 2.35. The van der Waals surface area contributed by atoms with E-state index in [9.17, 15) is 4.39 Å². The van der Waals surface area contributed by atoms with E-state index >= 15 is 0 Å². The minimum Gasteiger partial charge on any atom is -0.322 e. The molecule has 0 aromatic heterocycles. The fourth-order valence-electron chi connectivity index (χ4n) is 1.48. The number of hydrogen-bond donors (Lipinski definition) is 1. The van der Waals surface area contributed by atoms with Crippen molar-refractivity contribution in [3.63, 3.8) is 0 Å². The standard InChI is InChI=1S/C8H17FN2/c1-7(2)11-4-3-8(10,5-9)6-11/h7H,3-6,10H2,1-2H3. The Morgan fingerprint density at radius 2 is 2.27 bits per heavy atom. The maximum Gasteiger partial charge on any atom is 0.109 e. The van der Waals surface area contributed by atoms with Gasteiger partial charge >= 0.3 is 0 Å². The van der Waals surface area contributed by atoms with Crippen LogP contribution in [0.5, 0.6) is 0 Å². The second-order valence-electron chi connectivity index (χ2n) is 3.81. The third kappa shape index (κ3) is 1.91. The van der Waals surface area contributed by atoms with Crippen molar-refractivity contribution >= 4 is 0 Å². The molecule has 0 saturated carbocycles. The van der Waals surface area contributed by atoms with Gasteiger partial charge in [-0.1, -0.05) is 0 Å². The van der Waals surface area contributed by atoms with Crippen molar-refractivity contribution in [2.45, 2.75) is 31.8 Å². The Hall–Kier alpha value is -0.150. The summed E-state index contributed by atoms with van der Waals surface area (Å²) >= 11 is 0. The zero-order chi connectivity index (χ0) is 8.48. The van der Waals surface area contributed by atoms with Gasteiger partial charge in [-0.2, -0.15) is 0 Å². The van der Waals surface area contributed by atoms with Crippen molar-refractivity contribution in [3.05, 3.63) is 0 Å². The summed E-state index contributed by atoms with van der Waals surface area (Å²) in [6.45, 7) is 5.49. The van der Waals surface area contributed by atoms with E-state index in [1.165, 1.54) is 0 Å². The van der Waals surface area contributed by atoms with Crippen molar-refractivity contribution in [3.8, 4) is 0 Å². The molecule has 0 spiro atoms. The fourth-order valence-corrected chi connectivity index (χ4v) is 1.48. The summed E-state index contributed by atoms with van der Waals surface area (Å²) in [4.78, 5) is 2.22. The van der Waals surface area contributed by atoms with Crippen LogP contribution < -0.4 is 5.73 Å². The fraction of sp³-hybridized carbons (Fsp3) is 1.00. The topological polar surface area (TPSA) is 29.3 Å². The summed E-state index contributed by atoms with van der Waals surface area (Å²) < 4.78 is 12.4. The van der Waals surface area contributed by atoms with Crippen LogP contribution in [0, 0.1) is 0 Å². The number of hydrogen-bond acceptors (Lipinski definition) is 2. The molecule has 1 heterocycles. The highest BCUT2D eigenvalue weighted by molar-refractivity contribution is 4.94. The summed E-state index contributed by atoms with van der Waals surface area (Å²) in [6, 6.07) is 0.493. The molecule has 1 atom stereocenters. The van der Waals surface area contributed by atoms with Crippen LogP contribution in [0.3, 0.4) is 0 Å². The monoisotopic (exact) mass is 160 g/mol. The summed E-state index contributed by atoms with van der Waals surface area (Å²) in [7, 11) is 0. The molecule has 1 saturated heterocycles. The zero-order valence-electron chi connectivity index (χ0n) is 7.31. The lowest BCUT2D eigenvalue weighted by atomic mass is 10.0. The molecule has 1 unspecified atom stereocenters. The van der Waals surface area contributed by atoms with Crippen LogP contribution in [0.1, 0.15) is 20.3 Å². The van der Waals surface area contributed by atoms with Crippen LogP contribution in [-0.2, 0) is 0 Å². The van der Waals surface area contributed by atoms with Crippen molar-refractivity contribution in [2.75, 3.05) is 19.8 Å². The third-order valence-corrected chi connectivity index (χ3v) is 2.41. The molecule has 2 nitrogen and oxygen atoms in total. The number of nitrogens with zero attached hydrogens (tertiary/aromatic N) is 1. The lowest BCUT2D eigenvalue weighted by Crippen LogP contribution is -2.45. The average molecular weight is 160 g/mol. The molecular formula is C8H17FN2. The Balaban J connectivity index is 2.46. The Labute approximate surface area is 67.6 Å². The summed E-state index contributed by atoms with van der Waals surface area (Å²) in [5.41, 5.74) is 5.22. The SMILES string of the molecule is CC(C)N1CCC(N)(CF)C1. The Morgan fingerprint density at radius 3 is 2.55 bits per heavy atom. The molecule has 1 aliphatic rings. The van der Waals surface area contributed by atoms with Crippen LogP contribution in [-0.4, -0.2) is 36.2 Å². The maximum atomic E-state index is 12.4. The second kappa shape index (κ2) is 3.07. The van der Waals surface area contributed by atoms with E-state index in [-0.39, 0.29) is 0 Å². The van der Waals surface area contributed by atoms with E-state index in [0.29, 0.717) is 12.6 Å². The molecule has 0 radical (unpaired) electrons. The number of rotatable bonds is 2. The van der Waals surface area contributed by atoms with Gasteiger partial charge in [0, 0.05) is 19.1 Å². The molecule has 66 valence electrons. The van der Waals surface area contributed by atoms with Crippen molar-refractivity contribution in [2.24, 2.45) is 5.73 Å². The van der Waals surface area contributed by atoms with Gasteiger partial charge < -0.3 is 5.73 Å². The molecule has 0 bridgehead atoms. The number of nitrogens with two attached hydrogens (primary N) is 1. The first-order valence-corrected chi connectivity index (χ1v) is 4.16. The molecule has 0 aromatic carbocycles. The van der Waals surface area contributed by atoms with E-state index in [1.54, 1.807) is 0 Å². The van der Waals surface area contributed by atoms with Crippen molar-refractivity contribution in [1.82, 2.24) is 4.90 Å². The van der Waals surface area contributed by atoms with E-state index in [0.717, 1.165) is 13.0 Å². The van der Waals surface area contributed by atoms with E-state index in [4.69, 9.17) is 5.73 Å². The van der Waals surface area contributed by atoms with E-state index < -0.39 is 12.2 Å². The van der Waals surface area contributed by atoms with Crippen molar-refractivity contribution in [1.29, 1.82) is 0 Å². The number of alkyl halides is 1. The highest BCUT2D eigenvalue weighted by Crippen LogP contribution is 2.20. The predicted molar refractivity (Wildman–Crippen MR) is 44.2 cm³/mol. The van der Waals surface area contributed by atoms with Gasteiger partial charge in [-0.15, -0.1) is 0 Å². The second-order valence-corrected chi connectivity index (χ2v) is 3.81. The minimum absolute atomic E-state index is 0.393. The Bertz CT molecular complexity index is 138. The van der Waals surface area contributed by atoms with Crippen LogP contribution in [0.15, 0.2) is 0 Å². The van der Waals surface area contributed by atoms with Gasteiger partial charge in [-0.25, -0.2) is 4.39 Å². The van der Waals surface area contributed by atoms with E-state index in [1.807, 2.05) is 0 Å². The van der Waals surface area contributed by atoms with Gasteiger partial charge in [-0.3, -0.25) is 4.90 Å². The largest absolute Gasteiger partial charge is 0.322 e. The molecular weight excluding hydrogens is 143 g/mol. The molecule has 1 fully saturated rings. The van der Waals surface area contributed by atoms with Gasteiger partial charge in [0.05, 0.1) is 5.54 Å². The van der Waals surface area contributed by atoms with Gasteiger partial charge in [0.1, 0.15) is 6.67 Å². The van der Waals surface area contributed by atoms with Gasteiger partial charge in [0.25, 0.3) is 0 Å². The molecule has 0 aromatic rings. The first-order chi connectivity index (χ1) is 5.07. The quantitative estimate of drug-likeness (QED) is 0.646. The molecule has 0 amide bonds. The van der Waals surface area contributed by atoms with Gasteiger partial charge in [0.2, 0.25) is 0 Å². The van der Waals surface area contributed by atoms with Crippen molar-refractivity contribution < 1.29 is 4.39 Å². The summed E-state index contributed by atoms with van der Waals surface area (Å²) in [5.74, 6) is 0. The minimum atomic E-state index is -0.551. The molecule has 1 rings (SSSR count). The smallest absolute Gasteiger partial charge is 0.109 e. The maximum absolute atomic E-state index is 12.4. The van der Waals surface area contributed by atoms with Gasteiger partial charge in [0.15, 0.2) is 0 Å². The molecule has 0 aliphatic carbocycles. The van der Waals surface area contributed by atoms with Crippen LogP contribution in [0.25, 0.3) is 0 Å². The summed E-state index contributed by atoms with van der Waals surface area (Å²) in [5, 5.41) is 0. The Kier molecular flexibility index (Phi) is 2.50.